The minimum atomic E-state index is -0.0418. The van der Waals surface area contributed by atoms with Crippen LogP contribution in [0.5, 0.6) is 0 Å². The number of thioether (sulfide) groups is 1. The number of halogens is 2. The van der Waals surface area contributed by atoms with Crippen LogP contribution in [-0.2, 0) is 12.3 Å². The van der Waals surface area contributed by atoms with Crippen LogP contribution in [-0.4, -0.2) is 9.55 Å². The van der Waals surface area contributed by atoms with E-state index in [2.05, 4.69) is 13.8 Å². The molecule has 0 bridgehead atoms. The summed E-state index contributed by atoms with van der Waals surface area (Å²) >= 11 is 13.5. The van der Waals surface area contributed by atoms with Gasteiger partial charge >= 0.3 is 0 Å². The first-order chi connectivity index (χ1) is 11.9. The topological polar surface area (TPSA) is 34.9 Å². The van der Waals surface area contributed by atoms with Gasteiger partial charge in [0.1, 0.15) is 0 Å². The summed E-state index contributed by atoms with van der Waals surface area (Å²) in [6.45, 7) is 4.79. The second-order valence-electron chi connectivity index (χ2n) is 6.28. The van der Waals surface area contributed by atoms with E-state index < -0.39 is 0 Å². The number of benzene rings is 2. The van der Waals surface area contributed by atoms with Crippen LogP contribution in [0.1, 0.15) is 19.4 Å². The van der Waals surface area contributed by atoms with Crippen LogP contribution in [0.4, 0.5) is 0 Å². The fourth-order valence-corrected chi connectivity index (χ4v) is 3.80. The van der Waals surface area contributed by atoms with Gasteiger partial charge in [-0.2, -0.15) is 0 Å². The number of fused-ring (bicyclic) bond motifs is 1. The summed E-state index contributed by atoms with van der Waals surface area (Å²) in [6, 6.07) is 13.0. The maximum absolute atomic E-state index is 12.9. The van der Waals surface area contributed by atoms with Crippen molar-refractivity contribution in [2.24, 2.45) is 5.92 Å². The molecular formula is C19H18Cl2N2OS. The van der Waals surface area contributed by atoms with Gasteiger partial charge in [-0.1, -0.05) is 60.9 Å². The van der Waals surface area contributed by atoms with Crippen molar-refractivity contribution >= 4 is 45.9 Å². The average Bonchev–Trinajstić information content (AvgIpc) is 2.57. The molecule has 0 fully saturated rings. The van der Waals surface area contributed by atoms with Gasteiger partial charge in [-0.05, 0) is 41.8 Å². The molecule has 0 spiro atoms. The molecule has 0 aliphatic heterocycles. The van der Waals surface area contributed by atoms with Gasteiger partial charge in [0.25, 0.3) is 5.56 Å². The molecule has 25 heavy (non-hydrogen) atoms. The van der Waals surface area contributed by atoms with Crippen LogP contribution in [0.25, 0.3) is 10.9 Å². The Labute approximate surface area is 161 Å². The second kappa shape index (κ2) is 7.81. The molecule has 130 valence electrons. The van der Waals surface area contributed by atoms with Gasteiger partial charge in [0, 0.05) is 22.3 Å². The maximum atomic E-state index is 12.9. The smallest absolute Gasteiger partial charge is 0.262 e. The summed E-state index contributed by atoms with van der Waals surface area (Å²) in [5.74, 6) is 1.06. The van der Waals surface area contributed by atoms with Crippen molar-refractivity contribution in [3.05, 3.63) is 68.4 Å². The Morgan fingerprint density at radius 1 is 1.08 bits per heavy atom. The molecule has 1 aromatic heterocycles. The van der Waals surface area contributed by atoms with Crippen molar-refractivity contribution in [2.75, 3.05) is 0 Å². The zero-order valence-corrected chi connectivity index (χ0v) is 16.3. The summed E-state index contributed by atoms with van der Waals surface area (Å²) in [7, 11) is 0. The third-order valence-electron chi connectivity index (χ3n) is 3.71. The highest BCUT2D eigenvalue weighted by molar-refractivity contribution is 7.98. The fraction of sp³-hybridized carbons (Fsp3) is 0.263. The van der Waals surface area contributed by atoms with Gasteiger partial charge < -0.3 is 0 Å². The molecule has 3 aromatic rings. The lowest BCUT2D eigenvalue weighted by molar-refractivity contribution is 0.475. The zero-order valence-electron chi connectivity index (χ0n) is 14.0. The Bertz CT molecular complexity index is 952. The van der Waals surface area contributed by atoms with E-state index in [1.54, 1.807) is 34.5 Å². The molecule has 0 radical (unpaired) electrons. The highest BCUT2D eigenvalue weighted by atomic mass is 35.5. The molecular weight excluding hydrogens is 375 g/mol. The summed E-state index contributed by atoms with van der Waals surface area (Å²) in [6.07, 6.45) is 0. The molecule has 0 saturated carbocycles. The zero-order chi connectivity index (χ0) is 18.0. The molecule has 0 aliphatic rings. The summed E-state index contributed by atoms with van der Waals surface area (Å²) < 4.78 is 1.75. The lowest BCUT2D eigenvalue weighted by atomic mass is 10.2. The van der Waals surface area contributed by atoms with Crippen molar-refractivity contribution in [1.82, 2.24) is 9.55 Å². The van der Waals surface area contributed by atoms with Crippen molar-refractivity contribution in [3.63, 3.8) is 0 Å². The van der Waals surface area contributed by atoms with E-state index in [-0.39, 0.29) is 5.56 Å². The maximum Gasteiger partial charge on any atom is 0.262 e. The molecule has 2 aromatic carbocycles. The second-order valence-corrected chi connectivity index (χ2v) is 8.10. The molecule has 0 atom stereocenters. The Hall–Kier alpha value is -1.49. The fourth-order valence-electron chi connectivity index (χ4n) is 2.54. The van der Waals surface area contributed by atoms with Crippen LogP contribution in [0.3, 0.4) is 0 Å². The number of aromatic nitrogens is 2. The van der Waals surface area contributed by atoms with E-state index in [0.29, 0.717) is 33.4 Å². The lowest BCUT2D eigenvalue weighted by Gasteiger charge is -2.15. The largest absolute Gasteiger partial charge is 0.287 e. The third-order valence-corrected chi connectivity index (χ3v) is 5.24. The summed E-state index contributed by atoms with van der Waals surface area (Å²) in [5, 5.41) is 2.54. The predicted molar refractivity (Wildman–Crippen MR) is 107 cm³/mol. The van der Waals surface area contributed by atoms with E-state index in [1.807, 2.05) is 24.3 Å². The first-order valence-electron chi connectivity index (χ1n) is 8.01. The summed E-state index contributed by atoms with van der Waals surface area (Å²) in [5.41, 5.74) is 1.77. The van der Waals surface area contributed by atoms with Crippen LogP contribution in [0.2, 0.25) is 10.0 Å². The molecule has 0 aliphatic carbocycles. The molecule has 6 heteroatoms. The van der Waals surface area contributed by atoms with Gasteiger partial charge in [-0.3, -0.25) is 9.36 Å². The van der Waals surface area contributed by atoms with E-state index in [9.17, 15) is 4.79 Å². The average molecular weight is 393 g/mol. The number of hydrogen-bond donors (Lipinski definition) is 0. The van der Waals surface area contributed by atoms with Crippen molar-refractivity contribution in [2.45, 2.75) is 31.3 Å². The monoisotopic (exact) mass is 392 g/mol. The summed E-state index contributed by atoms with van der Waals surface area (Å²) in [4.78, 5) is 17.6. The normalized spacial score (nSPS) is 11.4. The van der Waals surface area contributed by atoms with Crippen LogP contribution < -0.4 is 5.56 Å². The highest BCUT2D eigenvalue weighted by Gasteiger charge is 2.13. The van der Waals surface area contributed by atoms with E-state index in [0.717, 1.165) is 16.5 Å². The van der Waals surface area contributed by atoms with Crippen LogP contribution in [0.15, 0.2) is 52.4 Å². The Morgan fingerprint density at radius 2 is 1.76 bits per heavy atom. The SMILES string of the molecule is CC(C)Cn1c(SCc2ccc(Cl)cc2)nc2ccc(Cl)cc2c1=O. The van der Waals surface area contributed by atoms with Crippen molar-refractivity contribution in [1.29, 1.82) is 0 Å². The molecule has 0 unspecified atom stereocenters. The number of nitrogens with zero attached hydrogens (tertiary/aromatic N) is 2. The minimum Gasteiger partial charge on any atom is -0.287 e. The first-order valence-corrected chi connectivity index (χ1v) is 9.75. The number of hydrogen-bond acceptors (Lipinski definition) is 3. The molecule has 3 nitrogen and oxygen atoms in total. The van der Waals surface area contributed by atoms with Crippen LogP contribution in [0, 0.1) is 5.92 Å². The number of rotatable bonds is 5. The van der Waals surface area contributed by atoms with Gasteiger partial charge in [0.2, 0.25) is 0 Å². The Kier molecular flexibility index (Phi) is 5.72. The van der Waals surface area contributed by atoms with Gasteiger partial charge in [-0.25, -0.2) is 4.98 Å². The predicted octanol–water partition coefficient (Wildman–Crippen LogP) is 5.65. The van der Waals surface area contributed by atoms with Crippen molar-refractivity contribution < 1.29 is 0 Å². The van der Waals surface area contributed by atoms with E-state index in [4.69, 9.17) is 28.2 Å². The molecule has 0 amide bonds. The standard InChI is InChI=1S/C19H18Cl2N2OS/c1-12(2)10-23-18(24)16-9-15(21)7-8-17(16)22-19(23)25-11-13-3-5-14(20)6-4-13/h3-9,12H,10-11H2,1-2H3. The van der Waals surface area contributed by atoms with Gasteiger partial charge in [0.15, 0.2) is 5.16 Å². The Balaban J connectivity index is 2.01. The molecule has 0 saturated heterocycles. The quantitative estimate of drug-likeness (QED) is 0.415. The van der Waals surface area contributed by atoms with E-state index in [1.165, 1.54) is 0 Å². The van der Waals surface area contributed by atoms with Crippen LogP contribution >= 0.6 is 35.0 Å². The molecule has 1 heterocycles. The third kappa shape index (κ3) is 4.38. The first kappa shape index (κ1) is 18.3. The molecule has 3 rings (SSSR count). The highest BCUT2D eigenvalue weighted by Crippen LogP contribution is 2.24. The van der Waals surface area contributed by atoms with E-state index >= 15 is 0 Å². The lowest BCUT2D eigenvalue weighted by Crippen LogP contribution is -2.25. The Morgan fingerprint density at radius 3 is 2.44 bits per heavy atom. The minimum absolute atomic E-state index is 0.0418. The van der Waals surface area contributed by atoms with Crippen molar-refractivity contribution in [3.8, 4) is 0 Å². The molecule has 0 N–H and O–H groups in total. The van der Waals surface area contributed by atoms with Gasteiger partial charge in [-0.15, -0.1) is 0 Å². The van der Waals surface area contributed by atoms with Gasteiger partial charge in [0.05, 0.1) is 10.9 Å².